The summed E-state index contributed by atoms with van der Waals surface area (Å²) in [7, 11) is 0. The normalized spacial score (nSPS) is 12.1. The number of hydrogen-bond donors (Lipinski definition) is 3. The first-order valence-electron chi connectivity index (χ1n) is 6.24. The predicted molar refractivity (Wildman–Crippen MR) is 78.5 cm³/mol. The minimum atomic E-state index is -0.742. The van der Waals surface area contributed by atoms with Gasteiger partial charge in [0.2, 0.25) is 11.8 Å². The number of aliphatic hydroxyl groups is 1. The van der Waals surface area contributed by atoms with Gasteiger partial charge in [0, 0.05) is 23.0 Å². The molecule has 2 aromatic rings. The number of nitrogens with one attached hydrogen (secondary N) is 2. The van der Waals surface area contributed by atoms with E-state index in [-0.39, 0.29) is 24.9 Å². The van der Waals surface area contributed by atoms with Gasteiger partial charge in [-0.05, 0) is 17.5 Å². The summed E-state index contributed by atoms with van der Waals surface area (Å²) in [5.41, 5.74) is 0. The molecule has 0 radical (unpaired) electrons. The van der Waals surface area contributed by atoms with Crippen LogP contribution >= 0.6 is 11.3 Å². The molecule has 0 aliphatic carbocycles. The van der Waals surface area contributed by atoms with E-state index in [0.29, 0.717) is 0 Å². The molecule has 0 spiro atoms. The molecule has 3 N–H and O–H groups in total. The van der Waals surface area contributed by atoms with E-state index in [9.17, 15) is 14.7 Å². The summed E-state index contributed by atoms with van der Waals surface area (Å²) in [5.74, 6) is -0.578. The highest BCUT2D eigenvalue weighted by Gasteiger charge is 2.12. The number of carbonyl (C=O) groups is 2. The molecule has 0 bridgehead atoms. The van der Waals surface area contributed by atoms with E-state index in [4.69, 9.17) is 0 Å². The maximum atomic E-state index is 11.4. The standard InChI is InChI=1S/C14H16N2O3S/c1-9(17)15-8-14(19)16-7-11(18)13-6-10-4-2-3-5-12(10)20-13/h2-6,11,18H,7-8H2,1H3,(H,15,17)(H,16,19). The maximum Gasteiger partial charge on any atom is 0.239 e. The SMILES string of the molecule is CC(=O)NCC(=O)NCC(O)c1cc2ccccc2s1. The van der Waals surface area contributed by atoms with Crippen molar-refractivity contribution >= 4 is 33.2 Å². The molecule has 0 saturated heterocycles. The zero-order valence-corrected chi connectivity index (χ0v) is 11.9. The lowest BCUT2D eigenvalue weighted by molar-refractivity contribution is -0.125. The van der Waals surface area contributed by atoms with Gasteiger partial charge >= 0.3 is 0 Å². The second-order valence-corrected chi connectivity index (χ2v) is 5.53. The Morgan fingerprint density at radius 2 is 2.05 bits per heavy atom. The summed E-state index contributed by atoms with van der Waals surface area (Å²) in [5, 5.41) is 16.1. The molecule has 0 saturated carbocycles. The first-order valence-corrected chi connectivity index (χ1v) is 7.05. The molecule has 1 heterocycles. The molecule has 2 amide bonds. The van der Waals surface area contributed by atoms with Crippen LogP contribution < -0.4 is 10.6 Å². The highest BCUT2D eigenvalue weighted by atomic mass is 32.1. The van der Waals surface area contributed by atoms with Gasteiger partial charge in [-0.15, -0.1) is 11.3 Å². The second-order valence-electron chi connectivity index (χ2n) is 4.42. The Labute approximate surface area is 120 Å². The van der Waals surface area contributed by atoms with Crippen LogP contribution in [0.3, 0.4) is 0 Å². The number of thiophene rings is 1. The van der Waals surface area contributed by atoms with Crippen LogP contribution in [0.1, 0.15) is 17.9 Å². The molecule has 5 nitrogen and oxygen atoms in total. The van der Waals surface area contributed by atoms with Gasteiger partial charge in [0.25, 0.3) is 0 Å². The van der Waals surface area contributed by atoms with Crippen LogP contribution in [0.15, 0.2) is 30.3 Å². The minimum absolute atomic E-state index is 0.0749. The molecule has 0 fully saturated rings. The van der Waals surface area contributed by atoms with Crippen LogP contribution in [0.2, 0.25) is 0 Å². The maximum absolute atomic E-state index is 11.4. The van der Waals surface area contributed by atoms with E-state index in [2.05, 4.69) is 10.6 Å². The van der Waals surface area contributed by atoms with Gasteiger partial charge in [0.15, 0.2) is 0 Å². The smallest absolute Gasteiger partial charge is 0.239 e. The van der Waals surface area contributed by atoms with Crippen molar-refractivity contribution in [3.05, 3.63) is 35.2 Å². The first-order chi connectivity index (χ1) is 9.56. The van der Waals surface area contributed by atoms with Gasteiger partial charge in [-0.2, -0.15) is 0 Å². The highest BCUT2D eigenvalue weighted by Crippen LogP contribution is 2.29. The lowest BCUT2D eigenvalue weighted by Crippen LogP contribution is -2.37. The minimum Gasteiger partial charge on any atom is -0.386 e. The summed E-state index contributed by atoms with van der Waals surface area (Å²) >= 11 is 1.50. The molecule has 0 aliphatic heterocycles. The molecule has 1 aromatic heterocycles. The van der Waals surface area contributed by atoms with Crippen LogP contribution in [-0.2, 0) is 9.59 Å². The fourth-order valence-corrected chi connectivity index (χ4v) is 2.80. The number of amides is 2. The third-order valence-electron chi connectivity index (χ3n) is 2.76. The fourth-order valence-electron chi connectivity index (χ4n) is 1.74. The quantitative estimate of drug-likeness (QED) is 0.774. The highest BCUT2D eigenvalue weighted by molar-refractivity contribution is 7.19. The van der Waals surface area contributed by atoms with Crippen molar-refractivity contribution in [3.63, 3.8) is 0 Å². The Bertz CT molecular complexity index is 591. The van der Waals surface area contributed by atoms with Gasteiger partial charge in [0.1, 0.15) is 6.10 Å². The topological polar surface area (TPSA) is 78.4 Å². The predicted octanol–water partition coefficient (Wildman–Crippen LogP) is 1.19. The third-order valence-corrected chi connectivity index (χ3v) is 3.98. The average Bonchev–Trinajstić information content (AvgIpc) is 2.86. The summed E-state index contributed by atoms with van der Waals surface area (Å²) in [6.45, 7) is 1.40. The van der Waals surface area contributed by atoms with E-state index in [0.717, 1.165) is 15.0 Å². The first kappa shape index (κ1) is 14.5. The van der Waals surface area contributed by atoms with Crippen LogP contribution in [-0.4, -0.2) is 30.0 Å². The number of carbonyl (C=O) groups excluding carboxylic acids is 2. The zero-order chi connectivity index (χ0) is 14.5. The number of aliphatic hydroxyl groups excluding tert-OH is 1. The Morgan fingerprint density at radius 3 is 2.75 bits per heavy atom. The summed E-state index contributed by atoms with van der Waals surface area (Å²) in [6.07, 6.45) is -0.742. The lowest BCUT2D eigenvalue weighted by atomic mass is 10.2. The zero-order valence-electron chi connectivity index (χ0n) is 11.1. The Hall–Kier alpha value is -1.92. The van der Waals surface area contributed by atoms with Crippen molar-refractivity contribution in [2.45, 2.75) is 13.0 Å². The van der Waals surface area contributed by atoms with E-state index >= 15 is 0 Å². The summed E-state index contributed by atoms with van der Waals surface area (Å²) < 4.78 is 1.10. The van der Waals surface area contributed by atoms with Gasteiger partial charge in [0.05, 0.1) is 6.54 Å². The van der Waals surface area contributed by atoms with E-state index in [1.165, 1.54) is 18.3 Å². The molecular weight excluding hydrogens is 276 g/mol. The molecule has 1 aromatic carbocycles. The number of rotatable bonds is 5. The van der Waals surface area contributed by atoms with Crippen LogP contribution in [0.25, 0.3) is 10.1 Å². The summed E-state index contributed by atoms with van der Waals surface area (Å²) in [4.78, 5) is 22.9. The molecule has 20 heavy (non-hydrogen) atoms. The molecule has 2 rings (SSSR count). The van der Waals surface area contributed by atoms with Crippen molar-refractivity contribution in [1.29, 1.82) is 0 Å². The second kappa shape index (κ2) is 6.49. The van der Waals surface area contributed by atoms with Gasteiger partial charge in [-0.3, -0.25) is 9.59 Å². The third kappa shape index (κ3) is 3.79. The Morgan fingerprint density at radius 1 is 1.30 bits per heavy atom. The van der Waals surface area contributed by atoms with Gasteiger partial charge in [-0.1, -0.05) is 18.2 Å². The molecule has 106 valence electrons. The van der Waals surface area contributed by atoms with Crippen molar-refractivity contribution in [3.8, 4) is 0 Å². The van der Waals surface area contributed by atoms with Crippen molar-refractivity contribution in [1.82, 2.24) is 10.6 Å². The van der Waals surface area contributed by atoms with Crippen LogP contribution in [0.5, 0.6) is 0 Å². The molecule has 0 aliphatic rings. The Balaban J connectivity index is 1.89. The van der Waals surface area contributed by atoms with Crippen molar-refractivity contribution in [2.75, 3.05) is 13.1 Å². The van der Waals surface area contributed by atoms with Gasteiger partial charge < -0.3 is 15.7 Å². The molecular formula is C14H16N2O3S. The monoisotopic (exact) mass is 292 g/mol. The van der Waals surface area contributed by atoms with E-state index < -0.39 is 6.10 Å². The number of hydrogen-bond acceptors (Lipinski definition) is 4. The number of benzene rings is 1. The van der Waals surface area contributed by atoms with Crippen LogP contribution in [0.4, 0.5) is 0 Å². The van der Waals surface area contributed by atoms with Gasteiger partial charge in [-0.25, -0.2) is 0 Å². The van der Waals surface area contributed by atoms with Crippen molar-refractivity contribution in [2.24, 2.45) is 0 Å². The number of fused-ring (bicyclic) bond motifs is 1. The molecule has 1 unspecified atom stereocenters. The fraction of sp³-hybridized carbons (Fsp3) is 0.286. The Kier molecular flexibility index (Phi) is 4.70. The average molecular weight is 292 g/mol. The lowest BCUT2D eigenvalue weighted by Gasteiger charge is -2.10. The van der Waals surface area contributed by atoms with Crippen LogP contribution in [0, 0.1) is 0 Å². The molecule has 6 heteroatoms. The van der Waals surface area contributed by atoms with E-state index in [1.54, 1.807) is 0 Å². The summed E-state index contributed by atoms with van der Waals surface area (Å²) in [6, 6.07) is 9.79. The van der Waals surface area contributed by atoms with Crippen molar-refractivity contribution < 1.29 is 14.7 Å². The largest absolute Gasteiger partial charge is 0.386 e. The van der Waals surface area contributed by atoms with E-state index in [1.807, 2.05) is 30.3 Å². The molecule has 1 atom stereocenters.